The molecular weight excluding hydrogens is 352 g/mol. The number of nitrogens with one attached hydrogen (secondary N) is 1. The van der Waals surface area contributed by atoms with E-state index in [1.165, 1.54) is 25.4 Å². The Hall–Kier alpha value is -2.96. The van der Waals surface area contributed by atoms with Gasteiger partial charge in [0, 0.05) is 35.8 Å². The number of methoxy groups -OCH3 is 1. The third kappa shape index (κ3) is 3.13. The van der Waals surface area contributed by atoms with Gasteiger partial charge in [-0.1, -0.05) is 0 Å². The summed E-state index contributed by atoms with van der Waals surface area (Å²) in [6, 6.07) is 6.03. The summed E-state index contributed by atoms with van der Waals surface area (Å²) in [5.74, 6) is -0.982. The van der Waals surface area contributed by atoms with Crippen LogP contribution in [0.1, 0.15) is 34.7 Å². The van der Waals surface area contributed by atoms with Gasteiger partial charge in [-0.05, 0) is 43.0 Å². The zero-order valence-electron chi connectivity index (χ0n) is 14.8. The van der Waals surface area contributed by atoms with Crippen LogP contribution in [0.5, 0.6) is 5.75 Å². The highest BCUT2D eigenvalue weighted by molar-refractivity contribution is 5.94. The van der Waals surface area contributed by atoms with Gasteiger partial charge in [-0.25, -0.2) is 13.8 Å². The predicted molar refractivity (Wildman–Crippen MR) is 96.9 cm³/mol. The Morgan fingerprint density at radius 3 is 2.70 bits per heavy atom. The molecule has 1 amide bonds. The molecule has 0 atom stereocenters. The van der Waals surface area contributed by atoms with E-state index in [0.29, 0.717) is 37.1 Å². The predicted octanol–water partition coefficient (Wildman–Crippen LogP) is 3.87. The molecule has 1 saturated heterocycles. The lowest BCUT2D eigenvalue weighted by Gasteiger charge is -2.32. The van der Waals surface area contributed by atoms with Crippen molar-refractivity contribution >= 4 is 16.9 Å². The zero-order chi connectivity index (χ0) is 19.0. The number of benzene rings is 1. The van der Waals surface area contributed by atoms with Crippen LogP contribution in [0, 0.1) is 11.6 Å². The van der Waals surface area contributed by atoms with E-state index < -0.39 is 5.82 Å². The molecule has 0 saturated carbocycles. The number of amides is 1. The van der Waals surface area contributed by atoms with E-state index in [-0.39, 0.29) is 29.0 Å². The van der Waals surface area contributed by atoms with Gasteiger partial charge in [0.1, 0.15) is 11.5 Å². The fourth-order valence-corrected chi connectivity index (χ4v) is 3.77. The van der Waals surface area contributed by atoms with Gasteiger partial charge in [0.15, 0.2) is 11.6 Å². The number of piperidine rings is 1. The number of aromatic nitrogens is 2. The Balaban J connectivity index is 1.50. The highest BCUT2D eigenvalue weighted by atomic mass is 19.1. The van der Waals surface area contributed by atoms with Gasteiger partial charge in [-0.3, -0.25) is 4.79 Å². The second-order valence-electron chi connectivity index (χ2n) is 6.68. The van der Waals surface area contributed by atoms with Crippen molar-refractivity contribution in [2.24, 2.45) is 0 Å². The summed E-state index contributed by atoms with van der Waals surface area (Å²) in [6.07, 6.45) is 4.28. The number of hydrogen-bond donors (Lipinski definition) is 1. The first-order valence-corrected chi connectivity index (χ1v) is 8.82. The average Bonchev–Trinajstić information content (AvgIpc) is 3.16. The van der Waals surface area contributed by atoms with Crippen molar-refractivity contribution in [3.63, 3.8) is 0 Å². The molecule has 1 aliphatic rings. The number of aromatic amines is 1. The van der Waals surface area contributed by atoms with Crippen LogP contribution in [0.25, 0.3) is 11.0 Å². The van der Waals surface area contributed by atoms with E-state index in [1.807, 2.05) is 6.07 Å². The minimum absolute atomic E-state index is 0.0166. The Morgan fingerprint density at radius 2 is 2.00 bits per heavy atom. The van der Waals surface area contributed by atoms with Gasteiger partial charge in [0.05, 0.1) is 13.3 Å². The van der Waals surface area contributed by atoms with E-state index in [2.05, 4.69) is 9.97 Å². The Kier molecular flexibility index (Phi) is 4.51. The van der Waals surface area contributed by atoms with Crippen LogP contribution in [-0.2, 0) is 0 Å². The van der Waals surface area contributed by atoms with Crippen LogP contribution in [0.4, 0.5) is 8.78 Å². The van der Waals surface area contributed by atoms with Crippen LogP contribution in [0.2, 0.25) is 0 Å². The average molecular weight is 371 g/mol. The molecule has 7 heteroatoms. The molecule has 140 valence electrons. The van der Waals surface area contributed by atoms with Crippen molar-refractivity contribution in [2.45, 2.75) is 18.8 Å². The molecule has 1 aliphatic heterocycles. The van der Waals surface area contributed by atoms with Crippen LogP contribution in [0.15, 0.2) is 36.7 Å². The van der Waals surface area contributed by atoms with Gasteiger partial charge >= 0.3 is 0 Å². The Morgan fingerprint density at radius 1 is 1.22 bits per heavy atom. The summed E-state index contributed by atoms with van der Waals surface area (Å²) < 4.78 is 33.2. The molecule has 0 spiro atoms. The molecule has 1 N–H and O–H groups in total. The van der Waals surface area contributed by atoms with Crippen molar-refractivity contribution < 1.29 is 18.3 Å². The normalized spacial score (nSPS) is 15.3. The summed E-state index contributed by atoms with van der Waals surface area (Å²) in [4.78, 5) is 21.4. The van der Waals surface area contributed by atoms with Crippen LogP contribution in [0.3, 0.4) is 0 Å². The SMILES string of the molecule is COc1ccc(C(=O)N2CCC(c3c(F)cnc4[nH]ccc34)CC2)cc1F. The molecule has 4 rings (SSSR count). The molecule has 27 heavy (non-hydrogen) atoms. The highest BCUT2D eigenvalue weighted by Gasteiger charge is 2.28. The maximum atomic E-state index is 14.4. The molecular formula is C20H19F2N3O2. The quantitative estimate of drug-likeness (QED) is 0.760. The molecule has 0 aliphatic carbocycles. The van der Waals surface area contributed by atoms with Crippen LogP contribution < -0.4 is 4.74 Å². The second kappa shape index (κ2) is 6.98. The first kappa shape index (κ1) is 17.5. The molecule has 3 aromatic rings. The number of fused-ring (bicyclic) bond motifs is 1. The Labute approximate surface area is 155 Å². The summed E-state index contributed by atoms with van der Waals surface area (Å²) in [6.45, 7) is 0.982. The Bertz CT molecular complexity index is 994. The maximum absolute atomic E-state index is 14.4. The molecule has 0 bridgehead atoms. The number of carbonyl (C=O) groups excluding carboxylic acids is 1. The minimum atomic E-state index is -0.563. The number of halogens is 2. The van der Waals surface area contributed by atoms with Crippen molar-refractivity contribution in [1.29, 1.82) is 0 Å². The summed E-state index contributed by atoms with van der Waals surface area (Å²) >= 11 is 0. The number of pyridine rings is 1. The lowest BCUT2D eigenvalue weighted by molar-refractivity contribution is 0.0712. The molecule has 1 aromatic carbocycles. The molecule has 0 unspecified atom stereocenters. The molecule has 5 nitrogen and oxygen atoms in total. The molecule has 1 fully saturated rings. The van der Waals surface area contributed by atoms with Gasteiger partial charge < -0.3 is 14.6 Å². The van der Waals surface area contributed by atoms with E-state index in [4.69, 9.17) is 4.74 Å². The fraction of sp³-hybridized carbons (Fsp3) is 0.300. The number of H-pyrrole nitrogens is 1. The second-order valence-corrected chi connectivity index (χ2v) is 6.68. The third-order valence-corrected chi connectivity index (χ3v) is 5.17. The monoisotopic (exact) mass is 371 g/mol. The largest absolute Gasteiger partial charge is 0.494 e. The van der Waals surface area contributed by atoms with Crippen molar-refractivity contribution in [3.8, 4) is 5.75 Å². The van der Waals surface area contributed by atoms with Crippen LogP contribution in [-0.4, -0.2) is 41.0 Å². The lowest BCUT2D eigenvalue weighted by atomic mass is 9.87. The van der Waals surface area contributed by atoms with E-state index >= 15 is 0 Å². The summed E-state index contributed by atoms with van der Waals surface area (Å²) in [5, 5.41) is 0.789. The topological polar surface area (TPSA) is 58.2 Å². The highest BCUT2D eigenvalue weighted by Crippen LogP contribution is 2.34. The standard InChI is InChI=1S/C20H19F2N3O2/c1-27-17-3-2-13(10-15(17)21)20(26)25-8-5-12(6-9-25)18-14-4-7-23-19(14)24-11-16(18)22/h2-4,7,10-12H,5-6,8-9H2,1H3,(H,23,24). The minimum Gasteiger partial charge on any atom is -0.494 e. The molecule has 0 radical (unpaired) electrons. The fourth-order valence-electron chi connectivity index (χ4n) is 3.77. The smallest absolute Gasteiger partial charge is 0.253 e. The van der Waals surface area contributed by atoms with Crippen molar-refractivity contribution in [3.05, 3.63) is 59.4 Å². The molecule has 3 heterocycles. The van der Waals surface area contributed by atoms with Gasteiger partial charge in [0.2, 0.25) is 0 Å². The number of carbonyl (C=O) groups is 1. The molecule has 2 aromatic heterocycles. The van der Waals surface area contributed by atoms with E-state index in [9.17, 15) is 13.6 Å². The van der Waals surface area contributed by atoms with Gasteiger partial charge in [-0.2, -0.15) is 0 Å². The number of ether oxygens (including phenoxy) is 1. The van der Waals surface area contributed by atoms with Crippen LogP contribution >= 0.6 is 0 Å². The summed E-state index contributed by atoms with van der Waals surface area (Å²) in [5.41, 5.74) is 1.61. The van der Waals surface area contributed by atoms with Crippen molar-refractivity contribution in [2.75, 3.05) is 20.2 Å². The summed E-state index contributed by atoms with van der Waals surface area (Å²) in [7, 11) is 1.38. The third-order valence-electron chi connectivity index (χ3n) is 5.17. The first-order valence-electron chi connectivity index (χ1n) is 8.82. The lowest BCUT2D eigenvalue weighted by Crippen LogP contribution is -2.38. The van der Waals surface area contributed by atoms with Gasteiger partial charge in [0.25, 0.3) is 5.91 Å². The van der Waals surface area contributed by atoms with Gasteiger partial charge in [-0.15, -0.1) is 0 Å². The first-order chi connectivity index (χ1) is 13.1. The number of rotatable bonds is 3. The van der Waals surface area contributed by atoms with Crippen molar-refractivity contribution in [1.82, 2.24) is 14.9 Å². The van der Waals surface area contributed by atoms with E-state index in [0.717, 1.165) is 5.39 Å². The number of likely N-dealkylation sites (tertiary alicyclic amines) is 1. The van der Waals surface area contributed by atoms with E-state index in [1.54, 1.807) is 17.2 Å². The number of hydrogen-bond acceptors (Lipinski definition) is 3. The number of nitrogens with zero attached hydrogens (tertiary/aromatic N) is 2. The maximum Gasteiger partial charge on any atom is 0.253 e. The zero-order valence-corrected chi connectivity index (χ0v) is 14.8.